The average molecular weight is 310 g/mol. The summed E-state index contributed by atoms with van der Waals surface area (Å²) in [6.45, 7) is 1.88. The first kappa shape index (κ1) is 14.6. The molecule has 0 saturated carbocycles. The molecule has 116 valence electrons. The number of para-hydroxylation sites is 1. The largest absolute Gasteiger partial charge is 0.508 e. The molecule has 0 aliphatic rings. The van der Waals surface area contributed by atoms with Crippen molar-refractivity contribution in [2.24, 2.45) is 5.16 Å². The number of aromatic hydroxyl groups is 1. The van der Waals surface area contributed by atoms with Gasteiger partial charge in [-0.1, -0.05) is 18.2 Å². The fourth-order valence-corrected chi connectivity index (χ4v) is 2.25. The summed E-state index contributed by atoms with van der Waals surface area (Å²) in [4.78, 5) is 12.5. The molecular formula is C17H14N2O4. The van der Waals surface area contributed by atoms with Crippen LogP contribution in [0.1, 0.15) is 15.9 Å². The minimum atomic E-state index is -0.453. The zero-order chi connectivity index (χ0) is 16.4. The van der Waals surface area contributed by atoms with Crippen LogP contribution in [0, 0.1) is 6.92 Å². The van der Waals surface area contributed by atoms with Crippen LogP contribution in [0.5, 0.6) is 5.75 Å². The minimum absolute atomic E-state index is 0.0160. The van der Waals surface area contributed by atoms with Crippen LogP contribution >= 0.6 is 0 Å². The Morgan fingerprint density at radius 1 is 1.17 bits per heavy atom. The Labute approximate surface area is 131 Å². The number of fused-ring (bicyclic) bond motifs is 1. The van der Waals surface area contributed by atoms with Crippen LogP contribution in [0.2, 0.25) is 0 Å². The zero-order valence-electron chi connectivity index (χ0n) is 12.3. The van der Waals surface area contributed by atoms with Crippen molar-refractivity contribution in [3.05, 3.63) is 65.2 Å². The number of rotatable bonds is 2. The van der Waals surface area contributed by atoms with Gasteiger partial charge in [-0.25, -0.2) is 0 Å². The minimum Gasteiger partial charge on any atom is -0.508 e. The maximum Gasteiger partial charge on any atom is 0.268 e. The van der Waals surface area contributed by atoms with E-state index < -0.39 is 5.91 Å². The first-order valence-corrected chi connectivity index (χ1v) is 6.90. The molecule has 0 aliphatic carbocycles. The topological polar surface area (TPSA) is 95.1 Å². The standard InChI is InChI=1S/C17H14N2O4/c1-10-4-2-3-5-14(10)18-16(21)13-8-11-6-7-12(20)9-15(11)23-17(13)19-22/h2-9,20,22H,1H3,(H,18,21). The first-order chi connectivity index (χ1) is 11.1. The quantitative estimate of drug-likeness (QED) is 0.501. The molecule has 0 spiro atoms. The van der Waals surface area contributed by atoms with Crippen molar-refractivity contribution < 1.29 is 19.5 Å². The Morgan fingerprint density at radius 2 is 1.96 bits per heavy atom. The van der Waals surface area contributed by atoms with Gasteiger partial charge in [0.1, 0.15) is 16.9 Å². The molecule has 0 radical (unpaired) electrons. The van der Waals surface area contributed by atoms with Gasteiger partial charge in [-0.3, -0.25) is 4.79 Å². The molecule has 3 aromatic rings. The third-order valence-electron chi connectivity index (χ3n) is 3.46. The number of hydrogen-bond donors (Lipinski definition) is 3. The molecule has 0 atom stereocenters. The smallest absolute Gasteiger partial charge is 0.268 e. The van der Waals surface area contributed by atoms with Crippen molar-refractivity contribution in [3.8, 4) is 5.75 Å². The highest BCUT2D eigenvalue weighted by atomic mass is 16.5. The third kappa shape index (κ3) is 2.87. The van der Waals surface area contributed by atoms with E-state index >= 15 is 0 Å². The van der Waals surface area contributed by atoms with Gasteiger partial charge in [0.25, 0.3) is 11.5 Å². The van der Waals surface area contributed by atoms with E-state index in [0.717, 1.165) is 5.56 Å². The monoisotopic (exact) mass is 310 g/mol. The van der Waals surface area contributed by atoms with Gasteiger partial charge in [-0.15, -0.1) is 0 Å². The Bertz CT molecular complexity index is 960. The van der Waals surface area contributed by atoms with E-state index in [-0.39, 0.29) is 16.9 Å². The van der Waals surface area contributed by atoms with Crippen LogP contribution in [0.3, 0.4) is 0 Å². The van der Waals surface area contributed by atoms with Gasteiger partial charge in [0, 0.05) is 17.1 Å². The lowest BCUT2D eigenvalue weighted by Gasteiger charge is -2.08. The van der Waals surface area contributed by atoms with E-state index in [0.29, 0.717) is 16.7 Å². The van der Waals surface area contributed by atoms with Crippen molar-refractivity contribution in [2.75, 3.05) is 5.32 Å². The van der Waals surface area contributed by atoms with Gasteiger partial charge < -0.3 is 20.0 Å². The molecule has 23 heavy (non-hydrogen) atoms. The number of phenols is 1. The number of phenolic OH excluding ortho intramolecular Hbond substituents is 1. The van der Waals surface area contributed by atoms with Crippen molar-refractivity contribution >= 4 is 22.6 Å². The van der Waals surface area contributed by atoms with E-state index in [9.17, 15) is 9.90 Å². The predicted octanol–water partition coefficient (Wildman–Crippen LogP) is 2.99. The zero-order valence-corrected chi connectivity index (χ0v) is 12.3. The maximum absolute atomic E-state index is 12.5. The van der Waals surface area contributed by atoms with Crippen molar-refractivity contribution in [3.63, 3.8) is 0 Å². The lowest BCUT2D eigenvalue weighted by atomic mass is 10.1. The summed E-state index contributed by atoms with van der Waals surface area (Å²) in [7, 11) is 0. The predicted molar refractivity (Wildman–Crippen MR) is 84.4 cm³/mol. The van der Waals surface area contributed by atoms with Crippen LogP contribution < -0.4 is 10.9 Å². The van der Waals surface area contributed by atoms with Gasteiger partial charge in [0.05, 0.1) is 0 Å². The average Bonchev–Trinajstić information content (AvgIpc) is 2.55. The van der Waals surface area contributed by atoms with Crippen LogP contribution in [-0.4, -0.2) is 16.2 Å². The molecule has 3 N–H and O–H groups in total. The SMILES string of the molecule is Cc1ccccc1NC(=O)c1cc2ccc(O)cc2oc1=NO. The van der Waals surface area contributed by atoms with E-state index in [1.54, 1.807) is 18.2 Å². The molecule has 1 heterocycles. The number of nitrogens with zero attached hydrogens (tertiary/aromatic N) is 1. The van der Waals surface area contributed by atoms with Gasteiger partial charge in [-0.2, -0.15) is 0 Å². The highest BCUT2D eigenvalue weighted by Gasteiger charge is 2.14. The molecule has 1 amide bonds. The van der Waals surface area contributed by atoms with Crippen LogP contribution in [0.15, 0.2) is 58.1 Å². The highest BCUT2D eigenvalue weighted by Crippen LogP contribution is 2.20. The molecule has 1 aromatic heterocycles. The Balaban J connectivity index is 2.06. The van der Waals surface area contributed by atoms with E-state index in [2.05, 4.69) is 10.5 Å². The second-order valence-electron chi connectivity index (χ2n) is 5.06. The number of benzene rings is 2. The summed E-state index contributed by atoms with van der Waals surface area (Å²) in [6, 6.07) is 13.4. The summed E-state index contributed by atoms with van der Waals surface area (Å²) in [5.74, 6) is -0.437. The summed E-state index contributed by atoms with van der Waals surface area (Å²) in [5.41, 5.74) is 1.74. The van der Waals surface area contributed by atoms with Gasteiger partial charge in [0.2, 0.25) is 0 Å². The van der Waals surface area contributed by atoms with Gasteiger partial charge in [-0.05, 0) is 41.9 Å². The normalized spacial score (nSPS) is 11.6. The molecule has 0 saturated heterocycles. The number of anilines is 1. The molecule has 6 heteroatoms. The maximum atomic E-state index is 12.5. The third-order valence-corrected chi connectivity index (χ3v) is 3.46. The molecule has 0 aliphatic heterocycles. The van der Waals surface area contributed by atoms with E-state index in [1.807, 2.05) is 25.1 Å². The fourth-order valence-electron chi connectivity index (χ4n) is 2.25. The van der Waals surface area contributed by atoms with Crippen molar-refractivity contribution in [1.29, 1.82) is 0 Å². The van der Waals surface area contributed by atoms with E-state index in [4.69, 9.17) is 9.62 Å². The summed E-state index contributed by atoms with van der Waals surface area (Å²) < 4.78 is 5.37. The second-order valence-corrected chi connectivity index (χ2v) is 5.06. The molecule has 6 nitrogen and oxygen atoms in total. The molecule has 0 unspecified atom stereocenters. The Morgan fingerprint density at radius 3 is 2.70 bits per heavy atom. The number of carbonyl (C=O) groups is 1. The van der Waals surface area contributed by atoms with Crippen molar-refractivity contribution in [2.45, 2.75) is 6.92 Å². The summed E-state index contributed by atoms with van der Waals surface area (Å²) in [6.07, 6.45) is 0. The van der Waals surface area contributed by atoms with Crippen LogP contribution in [0.4, 0.5) is 5.69 Å². The molecule has 0 fully saturated rings. The molecule has 0 bridgehead atoms. The summed E-state index contributed by atoms with van der Waals surface area (Å²) in [5, 5.41) is 25.0. The summed E-state index contributed by atoms with van der Waals surface area (Å²) >= 11 is 0. The lowest BCUT2D eigenvalue weighted by Crippen LogP contribution is -2.22. The first-order valence-electron chi connectivity index (χ1n) is 6.90. The number of hydrogen-bond acceptors (Lipinski definition) is 5. The molecule has 3 rings (SSSR count). The fraction of sp³-hybridized carbons (Fsp3) is 0.0588. The second kappa shape index (κ2) is 5.84. The number of amides is 1. The molecule has 2 aromatic carbocycles. The van der Waals surface area contributed by atoms with Crippen LogP contribution in [-0.2, 0) is 0 Å². The lowest BCUT2D eigenvalue weighted by molar-refractivity contribution is 0.102. The van der Waals surface area contributed by atoms with E-state index in [1.165, 1.54) is 12.1 Å². The Hall–Kier alpha value is -3.28. The number of nitrogens with one attached hydrogen (secondary N) is 1. The Kier molecular flexibility index (Phi) is 3.72. The highest BCUT2D eigenvalue weighted by molar-refractivity contribution is 6.05. The van der Waals surface area contributed by atoms with Crippen LogP contribution in [0.25, 0.3) is 11.0 Å². The van der Waals surface area contributed by atoms with Gasteiger partial charge >= 0.3 is 0 Å². The number of carbonyl (C=O) groups excluding carboxylic acids is 1. The molecular weight excluding hydrogens is 296 g/mol. The van der Waals surface area contributed by atoms with Crippen molar-refractivity contribution in [1.82, 2.24) is 0 Å². The van der Waals surface area contributed by atoms with Gasteiger partial charge in [0.15, 0.2) is 0 Å². The number of aryl methyl sites for hydroxylation is 1.